The van der Waals surface area contributed by atoms with E-state index in [9.17, 15) is 0 Å². The monoisotopic (exact) mass is 268 g/mol. The van der Waals surface area contributed by atoms with Crippen LogP contribution in [0.25, 0.3) is 0 Å². The molecule has 5 heteroatoms. The largest absolute Gasteiger partial charge is 0.358 e. The number of hydrogen-bond donors (Lipinski definition) is 0. The predicted octanol–water partition coefficient (Wildman–Crippen LogP) is 2.36. The standard InChI is InChI=1S/C13H21ClN4/c1-4-18-7-5-6-11(18)9-17(3)13-8-12(14)15-10(2)16-13/h8,11H,4-7,9H2,1-3H3. The van der Waals surface area contributed by atoms with E-state index in [1.165, 1.54) is 19.4 Å². The first-order valence-corrected chi connectivity index (χ1v) is 6.94. The minimum atomic E-state index is 0.517. The minimum Gasteiger partial charge on any atom is -0.358 e. The van der Waals surface area contributed by atoms with Crippen molar-refractivity contribution in [1.82, 2.24) is 14.9 Å². The molecule has 1 aromatic heterocycles. The van der Waals surface area contributed by atoms with Gasteiger partial charge in [0.25, 0.3) is 0 Å². The summed E-state index contributed by atoms with van der Waals surface area (Å²) in [5.41, 5.74) is 0. The van der Waals surface area contributed by atoms with Crippen LogP contribution in [0.4, 0.5) is 5.82 Å². The van der Waals surface area contributed by atoms with Crippen LogP contribution in [0.3, 0.4) is 0 Å². The fourth-order valence-corrected chi connectivity index (χ4v) is 2.86. The molecule has 4 nitrogen and oxygen atoms in total. The SMILES string of the molecule is CCN1CCCC1CN(C)c1cc(Cl)nc(C)n1. The second-order valence-corrected chi connectivity index (χ2v) is 5.29. The predicted molar refractivity (Wildman–Crippen MR) is 75.3 cm³/mol. The molecule has 100 valence electrons. The Labute approximate surface area is 114 Å². The van der Waals surface area contributed by atoms with Crippen molar-refractivity contribution in [3.8, 4) is 0 Å². The Kier molecular flexibility index (Phi) is 4.40. The zero-order chi connectivity index (χ0) is 13.1. The van der Waals surface area contributed by atoms with E-state index < -0.39 is 0 Å². The number of likely N-dealkylation sites (N-methyl/N-ethyl adjacent to an activating group) is 2. The maximum atomic E-state index is 5.98. The lowest BCUT2D eigenvalue weighted by molar-refractivity contribution is 0.270. The Morgan fingerprint density at radius 1 is 1.50 bits per heavy atom. The van der Waals surface area contributed by atoms with E-state index in [4.69, 9.17) is 11.6 Å². The molecule has 0 aromatic carbocycles. The highest BCUT2D eigenvalue weighted by Gasteiger charge is 2.24. The number of likely N-dealkylation sites (tertiary alicyclic amines) is 1. The number of rotatable bonds is 4. The molecule has 1 aromatic rings. The lowest BCUT2D eigenvalue weighted by Gasteiger charge is -2.28. The summed E-state index contributed by atoms with van der Waals surface area (Å²) in [7, 11) is 2.07. The maximum Gasteiger partial charge on any atom is 0.134 e. The normalized spacial score (nSPS) is 20.3. The number of hydrogen-bond acceptors (Lipinski definition) is 4. The molecular weight excluding hydrogens is 248 g/mol. The van der Waals surface area contributed by atoms with Crippen molar-refractivity contribution in [1.29, 1.82) is 0 Å². The first-order chi connectivity index (χ1) is 8.60. The molecule has 1 saturated heterocycles. The topological polar surface area (TPSA) is 32.3 Å². The van der Waals surface area contributed by atoms with Gasteiger partial charge in [0.1, 0.15) is 16.8 Å². The molecule has 0 bridgehead atoms. The van der Waals surface area contributed by atoms with Crippen molar-refractivity contribution >= 4 is 17.4 Å². The van der Waals surface area contributed by atoms with Crippen molar-refractivity contribution in [3.05, 3.63) is 17.0 Å². The van der Waals surface area contributed by atoms with Crippen LogP contribution in [0.1, 0.15) is 25.6 Å². The fourth-order valence-electron chi connectivity index (χ4n) is 2.64. The molecule has 0 N–H and O–H groups in total. The van der Waals surface area contributed by atoms with Gasteiger partial charge >= 0.3 is 0 Å². The molecule has 0 saturated carbocycles. The third-order valence-electron chi connectivity index (χ3n) is 3.57. The number of aromatic nitrogens is 2. The number of halogens is 1. The molecule has 0 amide bonds. The Bertz CT molecular complexity index is 390. The second kappa shape index (κ2) is 5.85. The maximum absolute atomic E-state index is 5.98. The van der Waals surface area contributed by atoms with Gasteiger partial charge in [-0.3, -0.25) is 4.90 Å². The van der Waals surface area contributed by atoms with E-state index in [-0.39, 0.29) is 0 Å². The van der Waals surface area contributed by atoms with Crippen LogP contribution >= 0.6 is 11.6 Å². The Balaban J connectivity index is 2.04. The van der Waals surface area contributed by atoms with Crippen molar-refractivity contribution in [2.45, 2.75) is 32.7 Å². The van der Waals surface area contributed by atoms with Crippen molar-refractivity contribution in [3.63, 3.8) is 0 Å². The molecular formula is C13H21ClN4. The van der Waals surface area contributed by atoms with Gasteiger partial charge in [-0.15, -0.1) is 0 Å². The quantitative estimate of drug-likeness (QED) is 0.785. The molecule has 0 radical (unpaired) electrons. The molecule has 1 fully saturated rings. The van der Waals surface area contributed by atoms with Gasteiger partial charge in [0, 0.05) is 25.7 Å². The summed E-state index contributed by atoms with van der Waals surface area (Å²) in [4.78, 5) is 13.2. The average Bonchev–Trinajstić information content (AvgIpc) is 2.75. The zero-order valence-electron chi connectivity index (χ0n) is 11.4. The van der Waals surface area contributed by atoms with E-state index in [1.807, 2.05) is 13.0 Å². The van der Waals surface area contributed by atoms with Gasteiger partial charge < -0.3 is 4.90 Å². The van der Waals surface area contributed by atoms with Gasteiger partial charge in [-0.1, -0.05) is 18.5 Å². The zero-order valence-corrected chi connectivity index (χ0v) is 12.1. The van der Waals surface area contributed by atoms with Gasteiger partial charge in [-0.05, 0) is 32.9 Å². The van der Waals surface area contributed by atoms with Gasteiger partial charge in [0.05, 0.1) is 0 Å². The smallest absolute Gasteiger partial charge is 0.134 e. The summed E-state index contributed by atoms with van der Waals surface area (Å²) < 4.78 is 0. The van der Waals surface area contributed by atoms with Crippen LogP contribution in [0, 0.1) is 6.92 Å². The van der Waals surface area contributed by atoms with Crippen molar-refractivity contribution in [2.24, 2.45) is 0 Å². The van der Waals surface area contributed by atoms with Crippen LogP contribution in [0.15, 0.2) is 6.07 Å². The summed E-state index contributed by atoms with van der Waals surface area (Å²) in [5, 5.41) is 0.517. The van der Waals surface area contributed by atoms with Crippen LogP contribution in [0.5, 0.6) is 0 Å². The molecule has 1 aliphatic heterocycles. The summed E-state index contributed by atoms with van der Waals surface area (Å²) in [6, 6.07) is 2.47. The Morgan fingerprint density at radius 2 is 2.28 bits per heavy atom. The molecule has 2 heterocycles. The van der Waals surface area contributed by atoms with E-state index in [0.29, 0.717) is 11.2 Å². The van der Waals surface area contributed by atoms with Crippen molar-refractivity contribution < 1.29 is 0 Å². The highest BCUT2D eigenvalue weighted by Crippen LogP contribution is 2.20. The van der Waals surface area contributed by atoms with E-state index >= 15 is 0 Å². The minimum absolute atomic E-state index is 0.517. The number of nitrogens with zero attached hydrogens (tertiary/aromatic N) is 4. The van der Waals surface area contributed by atoms with Crippen LogP contribution in [-0.2, 0) is 0 Å². The summed E-state index contributed by atoms with van der Waals surface area (Å²) >= 11 is 5.98. The van der Waals surface area contributed by atoms with Gasteiger partial charge in [0.15, 0.2) is 0 Å². The molecule has 1 unspecified atom stereocenters. The number of aryl methyl sites for hydroxylation is 1. The molecule has 1 aliphatic rings. The van der Waals surface area contributed by atoms with Crippen LogP contribution in [0.2, 0.25) is 5.15 Å². The highest BCUT2D eigenvalue weighted by atomic mass is 35.5. The average molecular weight is 269 g/mol. The molecule has 0 aliphatic carbocycles. The third kappa shape index (κ3) is 3.12. The lowest BCUT2D eigenvalue weighted by atomic mass is 10.2. The molecule has 18 heavy (non-hydrogen) atoms. The lowest BCUT2D eigenvalue weighted by Crippen LogP contribution is -2.39. The third-order valence-corrected chi connectivity index (χ3v) is 3.77. The Hall–Kier alpha value is -0.870. The number of anilines is 1. The summed E-state index contributed by atoms with van der Waals surface area (Å²) in [6.45, 7) is 7.45. The first-order valence-electron chi connectivity index (χ1n) is 6.56. The molecule has 1 atom stereocenters. The summed E-state index contributed by atoms with van der Waals surface area (Å²) in [6.07, 6.45) is 2.58. The van der Waals surface area contributed by atoms with Gasteiger partial charge in [-0.25, -0.2) is 9.97 Å². The van der Waals surface area contributed by atoms with E-state index in [2.05, 4.69) is 33.7 Å². The Morgan fingerprint density at radius 3 is 2.94 bits per heavy atom. The van der Waals surface area contributed by atoms with Gasteiger partial charge in [0.2, 0.25) is 0 Å². The molecule has 0 spiro atoms. The summed E-state index contributed by atoms with van der Waals surface area (Å²) in [5.74, 6) is 1.64. The van der Waals surface area contributed by atoms with E-state index in [1.54, 1.807) is 0 Å². The van der Waals surface area contributed by atoms with Gasteiger partial charge in [-0.2, -0.15) is 0 Å². The second-order valence-electron chi connectivity index (χ2n) is 4.90. The van der Waals surface area contributed by atoms with Crippen LogP contribution < -0.4 is 4.90 Å². The fraction of sp³-hybridized carbons (Fsp3) is 0.692. The molecule has 2 rings (SSSR count). The van der Waals surface area contributed by atoms with E-state index in [0.717, 1.165) is 24.7 Å². The first kappa shape index (κ1) is 13.6. The van der Waals surface area contributed by atoms with Crippen molar-refractivity contribution in [2.75, 3.05) is 31.6 Å². The van der Waals surface area contributed by atoms with Crippen LogP contribution in [-0.4, -0.2) is 47.6 Å². The highest BCUT2D eigenvalue weighted by molar-refractivity contribution is 6.29.